The van der Waals surface area contributed by atoms with Crippen molar-refractivity contribution in [1.29, 1.82) is 0 Å². The SMILES string of the molecule is COCCNC(=O)c1cccc(CO[C@@H]2CNCC[C@@H]2c2ccc(OCCCOCc3ccccc3OC)cc2)c1. The third-order valence-corrected chi connectivity index (χ3v) is 7.13. The highest BCUT2D eigenvalue weighted by molar-refractivity contribution is 5.94. The molecule has 1 aliphatic heterocycles. The van der Waals surface area contributed by atoms with Gasteiger partial charge >= 0.3 is 0 Å². The van der Waals surface area contributed by atoms with E-state index < -0.39 is 0 Å². The molecule has 2 N–H and O–H groups in total. The Morgan fingerprint density at radius 3 is 2.63 bits per heavy atom. The fourth-order valence-corrected chi connectivity index (χ4v) is 4.93. The van der Waals surface area contributed by atoms with Gasteiger partial charge in [-0.25, -0.2) is 0 Å². The molecule has 1 amide bonds. The monoisotopic (exact) mass is 562 g/mol. The van der Waals surface area contributed by atoms with Gasteiger partial charge in [0.1, 0.15) is 11.5 Å². The number of ether oxygens (including phenoxy) is 5. The lowest BCUT2D eigenvalue weighted by Crippen LogP contribution is -2.41. The van der Waals surface area contributed by atoms with E-state index in [0.29, 0.717) is 45.1 Å². The molecule has 8 heteroatoms. The van der Waals surface area contributed by atoms with E-state index in [1.54, 1.807) is 14.2 Å². The molecule has 0 unspecified atom stereocenters. The Hall–Kier alpha value is -3.43. The molecule has 3 aromatic carbocycles. The minimum atomic E-state index is -0.108. The first-order chi connectivity index (χ1) is 20.2. The molecule has 0 aromatic heterocycles. The Morgan fingerprint density at radius 2 is 1.80 bits per heavy atom. The molecule has 0 saturated carbocycles. The van der Waals surface area contributed by atoms with Crippen LogP contribution >= 0.6 is 0 Å². The molecular formula is C33H42N2O6. The Morgan fingerprint density at radius 1 is 0.951 bits per heavy atom. The van der Waals surface area contributed by atoms with Crippen molar-refractivity contribution in [1.82, 2.24) is 10.6 Å². The molecule has 0 aliphatic carbocycles. The highest BCUT2D eigenvalue weighted by Crippen LogP contribution is 2.30. The lowest BCUT2D eigenvalue weighted by Gasteiger charge is -2.32. The van der Waals surface area contributed by atoms with E-state index in [1.807, 2.05) is 60.7 Å². The molecule has 1 fully saturated rings. The van der Waals surface area contributed by atoms with Gasteiger partial charge in [-0.1, -0.05) is 42.5 Å². The number of amides is 1. The maximum Gasteiger partial charge on any atom is 0.251 e. The molecule has 0 bridgehead atoms. The number of hydrogen-bond acceptors (Lipinski definition) is 7. The minimum absolute atomic E-state index is 0.0371. The van der Waals surface area contributed by atoms with E-state index in [0.717, 1.165) is 48.6 Å². The number of nitrogens with one attached hydrogen (secondary N) is 2. The van der Waals surface area contributed by atoms with Gasteiger partial charge in [-0.3, -0.25) is 4.79 Å². The molecule has 220 valence electrons. The number of hydrogen-bond donors (Lipinski definition) is 2. The van der Waals surface area contributed by atoms with Crippen molar-refractivity contribution in [2.24, 2.45) is 0 Å². The van der Waals surface area contributed by atoms with Crippen LogP contribution in [0.2, 0.25) is 0 Å². The molecule has 41 heavy (non-hydrogen) atoms. The van der Waals surface area contributed by atoms with Crippen LogP contribution in [-0.2, 0) is 27.4 Å². The van der Waals surface area contributed by atoms with E-state index in [9.17, 15) is 4.79 Å². The predicted molar refractivity (Wildman–Crippen MR) is 159 cm³/mol. The summed E-state index contributed by atoms with van der Waals surface area (Å²) in [7, 11) is 3.29. The Bertz CT molecular complexity index is 1200. The molecule has 0 spiro atoms. The van der Waals surface area contributed by atoms with Gasteiger partial charge in [-0.2, -0.15) is 0 Å². The number of para-hydroxylation sites is 1. The van der Waals surface area contributed by atoms with Crippen LogP contribution in [0, 0.1) is 0 Å². The summed E-state index contributed by atoms with van der Waals surface area (Å²) in [5.74, 6) is 1.88. The molecule has 1 saturated heterocycles. The second kappa shape index (κ2) is 16.7. The molecule has 1 heterocycles. The Balaban J connectivity index is 1.21. The average molecular weight is 563 g/mol. The van der Waals surface area contributed by atoms with Crippen LogP contribution < -0.4 is 20.1 Å². The second-order valence-electron chi connectivity index (χ2n) is 10.0. The summed E-state index contributed by atoms with van der Waals surface area (Å²) in [5.41, 5.74) is 3.89. The van der Waals surface area contributed by atoms with Gasteiger partial charge in [-0.05, 0) is 54.4 Å². The average Bonchev–Trinajstić information content (AvgIpc) is 3.02. The zero-order valence-electron chi connectivity index (χ0n) is 24.1. The molecule has 0 radical (unpaired) electrons. The standard InChI is InChI=1S/C33H42N2O6/c1-37-20-17-35-33(36)27-9-5-7-25(21-27)23-41-32-22-34-16-15-30(32)26-11-13-29(14-12-26)40-19-6-18-39-24-28-8-3-4-10-31(28)38-2/h3-5,7-14,21,30,32,34H,6,15-20,22-24H2,1-2H3,(H,35,36)/t30-,32-/m1/s1. The third-order valence-electron chi connectivity index (χ3n) is 7.13. The van der Waals surface area contributed by atoms with Crippen LogP contribution in [0.25, 0.3) is 0 Å². The first-order valence-corrected chi connectivity index (χ1v) is 14.3. The number of methoxy groups -OCH3 is 2. The van der Waals surface area contributed by atoms with Gasteiger partial charge in [0.25, 0.3) is 5.91 Å². The summed E-state index contributed by atoms with van der Waals surface area (Å²) in [5, 5.41) is 6.32. The molecule has 3 aromatic rings. The Labute approximate surface area is 243 Å². The van der Waals surface area contributed by atoms with E-state index in [1.165, 1.54) is 5.56 Å². The normalized spacial score (nSPS) is 16.7. The summed E-state index contributed by atoms with van der Waals surface area (Å²) in [4.78, 5) is 12.4. The zero-order chi connectivity index (χ0) is 28.7. The van der Waals surface area contributed by atoms with Crippen molar-refractivity contribution in [3.63, 3.8) is 0 Å². The summed E-state index contributed by atoms with van der Waals surface area (Å²) >= 11 is 0. The van der Waals surface area contributed by atoms with Gasteiger partial charge in [-0.15, -0.1) is 0 Å². The highest BCUT2D eigenvalue weighted by atomic mass is 16.5. The lowest BCUT2D eigenvalue weighted by atomic mass is 9.87. The fraction of sp³-hybridized carbons (Fsp3) is 0.424. The van der Waals surface area contributed by atoms with E-state index in [4.69, 9.17) is 23.7 Å². The summed E-state index contributed by atoms with van der Waals surface area (Å²) < 4.78 is 28.5. The second-order valence-corrected chi connectivity index (χ2v) is 10.0. The van der Waals surface area contributed by atoms with Crippen LogP contribution in [0.5, 0.6) is 11.5 Å². The molecule has 2 atom stereocenters. The number of piperidine rings is 1. The first kappa shape index (κ1) is 30.5. The predicted octanol–water partition coefficient (Wildman–Crippen LogP) is 4.72. The van der Waals surface area contributed by atoms with Crippen molar-refractivity contribution in [3.8, 4) is 11.5 Å². The number of benzene rings is 3. The highest BCUT2D eigenvalue weighted by Gasteiger charge is 2.27. The maximum absolute atomic E-state index is 12.4. The van der Waals surface area contributed by atoms with Gasteiger partial charge in [0.15, 0.2) is 0 Å². The van der Waals surface area contributed by atoms with Crippen molar-refractivity contribution in [2.45, 2.75) is 38.1 Å². The topological polar surface area (TPSA) is 87.3 Å². The number of rotatable bonds is 16. The van der Waals surface area contributed by atoms with E-state index in [2.05, 4.69) is 22.8 Å². The van der Waals surface area contributed by atoms with Crippen molar-refractivity contribution in [3.05, 3.63) is 95.1 Å². The quantitative estimate of drug-likeness (QED) is 0.244. The van der Waals surface area contributed by atoms with Crippen molar-refractivity contribution in [2.75, 3.05) is 53.7 Å². The summed E-state index contributed by atoms with van der Waals surface area (Å²) in [6, 6.07) is 23.8. The van der Waals surface area contributed by atoms with Crippen molar-refractivity contribution >= 4 is 5.91 Å². The van der Waals surface area contributed by atoms with Crippen LogP contribution in [-0.4, -0.2) is 65.7 Å². The minimum Gasteiger partial charge on any atom is -0.496 e. The van der Waals surface area contributed by atoms with Gasteiger partial charge in [0.2, 0.25) is 0 Å². The van der Waals surface area contributed by atoms with Crippen LogP contribution in [0.15, 0.2) is 72.8 Å². The molecule has 4 rings (SSSR count). The van der Waals surface area contributed by atoms with Gasteiger partial charge in [0, 0.05) is 43.7 Å². The molecular weight excluding hydrogens is 520 g/mol. The molecule has 8 nitrogen and oxygen atoms in total. The number of carbonyl (C=O) groups excluding carboxylic acids is 1. The summed E-state index contributed by atoms with van der Waals surface area (Å²) in [6.45, 7) is 4.88. The van der Waals surface area contributed by atoms with E-state index >= 15 is 0 Å². The lowest BCUT2D eigenvalue weighted by molar-refractivity contribution is 0.0106. The largest absolute Gasteiger partial charge is 0.496 e. The number of carbonyl (C=O) groups is 1. The van der Waals surface area contributed by atoms with Crippen LogP contribution in [0.1, 0.15) is 45.8 Å². The van der Waals surface area contributed by atoms with Gasteiger partial charge in [0.05, 0.1) is 46.2 Å². The zero-order valence-corrected chi connectivity index (χ0v) is 24.1. The van der Waals surface area contributed by atoms with Crippen LogP contribution in [0.3, 0.4) is 0 Å². The Kier molecular flexibility index (Phi) is 12.5. The molecule has 1 aliphatic rings. The van der Waals surface area contributed by atoms with Crippen LogP contribution in [0.4, 0.5) is 0 Å². The van der Waals surface area contributed by atoms with Gasteiger partial charge < -0.3 is 34.3 Å². The van der Waals surface area contributed by atoms with Crippen molar-refractivity contribution < 1.29 is 28.5 Å². The first-order valence-electron chi connectivity index (χ1n) is 14.3. The maximum atomic E-state index is 12.4. The van der Waals surface area contributed by atoms with E-state index in [-0.39, 0.29) is 17.9 Å². The fourth-order valence-electron chi connectivity index (χ4n) is 4.93. The smallest absolute Gasteiger partial charge is 0.251 e. The summed E-state index contributed by atoms with van der Waals surface area (Å²) in [6.07, 6.45) is 1.84. The third kappa shape index (κ3) is 9.57.